The van der Waals surface area contributed by atoms with Crippen molar-refractivity contribution < 1.29 is 9.59 Å². The average Bonchev–Trinajstić information content (AvgIpc) is 3.23. The number of rotatable bonds is 14. The van der Waals surface area contributed by atoms with Gasteiger partial charge in [-0.25, -0.2) is 0 Å². The lowest BCUT2D eigenvalue weighted by molar-refractivity contribution is -0.120. The molecule has 4 atom stereocenters. The van der Waals surface area contributed by atoms with Crippen LogP contribution in [0.4, 0.5) is 0 Å². The molecule has 6 nitrogen and oxygen atoms in total. The van der Waals surface area contributed by atoms with Crippen LogP contribution in [0.25, 0.3) is 0 Å². The Hall–Kier alpha value is -2.12. The highest BCUT2D eigenvalue weighted by molar-refractivity contribution is 6.42. The van der Waals surface area contributed by atoms with Crippen LogP contribution in [0.15, 0.2) is 48.5 Å². The maximum Gasteiger partial charge on any atom is 0.251 e. The Kier molecular flexibility index (Phi) is 11.9. The van der Waals surface area contributed by atoms with Crippen molar-refractivity contribution in [2.24, 2.45) is 11.7 Å². The number of halogens is 2. The van der Waals surface area contributed by atoms with E-state index >= 15 is 0 Å². The normalized spacial score (nSPS) is 19.3. The van der Waals surface area contributed by atoms with E-state index in [4.69, 9.17) is 28.9 Å². The molecule has 0 aliphatic carbocycles. The van der Waals surface area contributed by atoms with Crippen molar-refractivity contribution in [3.8, 4) is 0 Å². The molecule has 2 amide bonds. The molecule has 1 unspecified atom stereocenters. The number of nitrogens with zero attached hydrogens (tertiary/aromatic N) is 2. The molecular weight excluding hydrogens is 519 g/mol. The van der Waals surface area contributed by atoms with E-state index in [1.165, 1.54) is 5.56 Å². The molecule has 1 saturated heterocycles. The lowest BCUT2D eigenvalue weighted by Crippen LogP contribution is -2.47. The number of hydrogen-bond donors (Lipinski definition) is 2. The van der Waals surface area contributed by atoms with E-state index in [-0.39, 0.29) is 18.0 Å². The van der Waals surface area contributed by atoms with Crippen LogP contribution in [0.3, 0.4) is 0 Å². The molecule has 0 aromatic heterocycles. The lowest BCUT2D eigenvalue weighted by atomic mass is 9.99. The van der Waals surface area contributed by atoms with Gasteiger partial charge in [0.2, 0.25) is 6.41 Å². The number of hydrogen-bond acceptors (Lipinski definition) is 4. The number of carbonyl (C=O) groups excluding carboxylic acids is 2. The molecule has 1 aliphatic rings. The van der Waals surface area contributed by atoms with Gasteiger partial charge in [-0.1, -0.05) is 67.4 Å². The highest BCUT2D eigenvalue weighted by Gasteiger charge is 2.32. The minimum atomic E-state index is -0.233. The van der Waals surface area contributed by atoms with Gasteiger partial charge in [0.1, 0.15) is 0 Å². The zero-order valence-electron chi connectivity index (χ0n) is 22.8. The van der Waals surface area contributed by atoms with Crippen LogP contribution in [0, 0.1) is 5.92 Å². The van der Waals surface area contributed by atoms with Crippen molar-refractivity contribution in [3.05, 3.63) is 69.7 Å². The van der Waals surface area contributed by atoms with Crippen LogP contribution >= 0.6 is 23.2 Å². The summed E-state index contributed by atoms with van der Waals surface area (Å²) >= 11 is 12.1. The Bertz CT molecular complexity index is 1040. The second-order valence-electron chi connectivity index (χ2n) is 11.0. The maximum atomic E-state index is 12.8. The molecule has 3 N–H and O–H groups in total. The van der Waals surface area contributed by atoms with Crippen LogP contribution in [-0.2, 0) is 11.2 Å². The summed E-state index contributed by atoms with van der Waals surface area (Å²) in [6, 6.07) is 16.2. The first-order chi connectivity index (χ1) is 18.2. The summed E-state index contributed by atoms with van der Waals surface area (Å²) in [6.07, 6.45) is 5.58. The fraction of sp³-hybridized carbons (Fsp3) is 0.533. The fourth-order valence-electron chi connectivity index (χ4n) is 5.51. The minimum absolute atomic E-state index is 0.104. The van der Waals surface area contributed by atoms with Crippen LogP contribution < -0.4 is 11.1 Å². The molecule has 0 radical (unpaired) electrons. The number of likely N-dealkylation sites (tertiary alicyclic amines) is 1. The predicted molar refractivity (Wildman–Crippen MR) is 157 cm³/mol. The number of benzene rings is 2. The standard InChI is InChI=1S/C30H42Cl2N4O2/c1-21(2)15-27(18-34-30(38)24-10-12-28(31)29(32)17-24)35(20-37)14-13-26(36-19-25(33)16-22(36)3)11-9-23-7-5-4-6-8-23/h4-8,10,12,17,20-22,25-27H,9,11,13-16,18-19,33H2,1-3H3,(H,34,38)/t22-,25-,26?,27-/m1/s1. The first kappa shape index (κ1) is 30.4. The van der Waals surface area contributed by atoms with E-state index in [1.54, 1.807) is 18.2 Å². The summed E-state index contributed by atoms with van der Waals surface area (Å²) in [4.78, 5) is 29.5. The molecular formula is C30H42Cl2N4O2. The van der Waals surface area contributed by atoms with Gasteiger partial charge in [-0.15, -0.1) is 0 Å². The predicted octanol–water partition coefficient (Wildman–Crippen LogP) is 5.41. The van der Waals surface area contributed by atoms with Gasteiger partial charge < -0.3 is 16.0 Å². The molecule has 0 saturated carbocycles. The van der Waals surface area contributed by atoms with Gasteiger partial charge in [-0.3, -0.25) is 14.5 Å². The summed E-state index contributed by atoms with van der Waals surface area (Å²) in [5, 5.41) is 3.74. The van der Waals surface area contributed by atoms with Gasteiger partial charge in [0.05, 0.1) is 10.0 Å². The number of carbonyl (C=O) groups is 2. The third-order valence-corrected chi connectivity index (χ3v) is 8.22. The Morgan fingerprint density at radius 2 is 1.89 bits per heavy atom. The molecule has 1 aliphatic heterocycles. The van der Waals surface area contributed by atoms with Crippen molar-refractivity contribution in [1.29, 1.82) is 0 Å². The van der Waals surface area contributed by atoms with Gasteiger partial charge >= 0.3 is 0 Å². The Morgan fingerprint density at radius 1 is 1.16 bits per heavy atom. The zero-order chi connectivity index (χ0) is 27.7. The van der Waals surface area contributed by atoms with Crippen molar-refractivity contribution in [2.45, 2.75) is 77.0 Å². The zero-order valence-corrected chi connectivity index (χ0v) is 24.3. The van der Waals surface area contributed by atoms with Crippen LogP contribution in [-0.4, -0.2) is 65.9 Å². The van der Waals surface area contributed by atoms with Crippen molar-refractivity contribution in [2.75, 3.05) is 19.6 Å². The van der Waals surface area contributed by atoms with E-state index < -0.39 is 0 Å². The number of aryl methyl sites for hydroxylation is 1. The van der Waals surface area contributed by atoms with E-state index in [2.05, 4.69) is 55.3 Å². The molecule has 38 heavy (non-hydrogen) atoms. The lowest BCUT2D eigenvalue weighted by Gasteiger charge is -2.35. The van der Waals surface area contributed by atoms with E-state index in [0.29, 0.717) is 46.7 Å². The topological polar surface area (TPSA) is 78.7 Å². The largest absolute Gasteiger partial charge is 0.350 e. The van der Waals surface area contributed by atoms with Gasteiger partial charge in [0, 0.05) is 49.4 Å². The summed E-state index contributed by atoms with van der Waals surface area (Å²) in [6.45, 7) is 8.40. The monoisotopic (exact) mass is 560 g/mol. The summed E-state index contributed by atoms with van der Waals surface area (Å²) in [5.41, 5.74) is 8.08. The first-order valence-corrected chi connectivity index (χ1v) is 14.4. The summed E-state index contributed by atoms with van der Waals surface area (Å²) in [7, 11) is 0. The highest BCUT2D eigenvalue weighted by atomic mass is 35.5. The highest BCUT2D eigenvalue weighted by Crippen LogP contribution is 2.25. The molecule has 0 bridgehead atoms. The van der Waals surface area contributed by atoms with E-state index in [0.717, 1.165) is 45.1 Å². The van der Waals surface area contributed by atoms with Crippen LogP contribution in [0.1, 0.15) is 62.4 Å². The summed E-state index contributed by atoms with van der Waals surface area (Å²) in [5.74, 6) is 0.138. The van der Waals surface area contributed by atoms with Gasteiger partial charge in [-0.2, -0.15) is 0 Å². The SMILES string of the molecule is CC(C)C[C@H](CNC(=O)c1ccc(Cl)c(Cl)c1)N(C=O)CCC(CCc1ccccc1)N1C[C@H](N)C[C@H]1C. The quantitative estimate of drug-likeness (QED) is 0.303. The molecule has 0 spiro atoms. The molecule has 3 rings (SSSR count). The summed E-state index contributed by atoms with van der Waals surface area (Å²) < 4.78 is 0. The minimum Gasteiger partial charge on any atom is -0.350 e. The molecule has 1 fully saturated rings. The molecule has 2 aromatic carbocycles. The van der Waals surface area contributed by atoms with E-state index in [9.17, 15) is 9.59 Å². The Morgan fingerprint density at radius 3 is 2.50 bits per heavy atom. The maximum absolute atomic E-state index is 12.8. The van der Waals surface area contributed by atoms with Crippen LogP contribution in [0.5, 0.6) is 0 Å². The average molecular weight is 562 g/mol. The smallest absolute Gasteiger partial charge is 0.251 e. The fourth-order valence-corrected chi connectivity index (χ4v) is 5.81. The van der Waals surface area contributed by atoms with Gasteiger partial charge in [0.15, 0.2) is 0 Å². The first-order valence-electron chi connectivity index (χ1n) is 13.7. The van der Waals surface area contributed by atoms with Gasteiger partial charge in [0.25, 0.3) is 5.91 Å². The molecule has 8 heteroatoms. The number of amides is 2. The second-order valence-corrected chi connectivity index (χ2v) is 11.8. The second kappa shape index (κ2) is 14.9. The van der Waals surface area contributed by atoms with Crippen molar-refractivity contribution >= 4 is 35.5 Å². The van der Waals surface area contributed by atoms with Crippen molar-refractivity contribution in [3.63, 3.8) is 0 Å². The Labute approximate surface area is 237 Å². The third-order valence-electron chi connectivity index (χ3n) is 7.48. The molecule has 1 heterocycles. The number of nitrogens with one attached hydrogen (secondary N) is 1. The Balaban J connectivity index is 1.66. The molecule has 208 valence electrons. The van der Waals surface area contributed by atoms with Crippen LogP contribution in [0.2, 0.25) is 10.0 Å². The van der Waals surface area contributed by atoms with E-state index in [1.807, 2.05) is 11.0 Å². The molecule has 2 aromatic rings. The van der Waals surface area contributed by atoms with Crippen molar-refractivity contribution in [1.82, 2.24) is 15.1 Å². The third kappa shape index (κ3) is 8.98. The van der Waals surface area contributed by atoms with Gasteiger partial charge in [-0.05, 0) is 68.7 Å². The number of nitrogens with two attached hydrogens (primary N) is 1.